The first-order chi connectivity index (χ1) is 11.1. The zero-order valence-electron chi connectivity index (χ0n) is 13.5. The summed E-state index contributed by atoms with van der Waals surface area (Å²) in [4.78, 5) is 12.1. The molecule has 0 bridgehead atoms. The molecule has 0 saturated heterocycles. The van der Waals surface area contributed by atoms with E-state index in [2.05, 4.69) is 25.1 Å². The van der Waals surface area contributed by atoms with Crippen LogP contribution in [-0.2, 0) is 11.2 Å². The molecule has 1 aliphatic heterocycles. The van der Waals surface area contributed by atoms with E-state index in [0.717, 1.165) is 30.7 Å². The average molecular weight is 308 g/mol. The minimum Gasteiger partial charge on any atom is -0.467 e. The molecule has 4 heteroatoms. The third-order valence-electron chi connectivity index (χ3n) is 4.87. The van der Waals surface area contributed by atoms with Gasteiger partial charge in [-0.2, -0.15) is 5.10 Å². The van der Waals surface area contributed by atoms with Crippen molar-refractivity contribution in [3.63, 3.8) is 0 Å². The number of furan rings is 1. The molecule has 1 aromatic heterocycles. The summed E-state index contributed by atoms with van der Waals surface area (Å²) < 4.78 is 5.63. The van der Waals surface area contributed by atoms with Gasteiger partial charge in [-0.15, -0.1) is 0 Å². The summed E-state index contributed by atoms with van der Waals surface area (Å²) in [5, 5.41) is 6.34. The monoisotopic (exact) mass is 308 g/mol. The van der Waals surface area contributed by atoms with Gasteiger partial charge in [-0.1, -0.05) is 17.7 Å². The van der Waals surface area contributed by atoms with Gasteiger partial charge in [0, 0.05) is 18.4 Å². The molecule has 0 radical (unpaired) electrons. The van der Waals surface area contributed by atoms with Gasteiger partial charge in [0.1, 0.15) is 11.8 Å². The smallest absolute Gasteiger partial charge is 0.240 e. The van der Waals surface area contributed by atoms with Gasteiger partial charge in [-0.25, -0.2) is 5.01 Å². The van der Waals surface area contributed by atoms with Gasteiger partial charge in [0.05, 0.1) is 12.0 Å². The molecular weight excluding hydrogens is 288 g/mol. The molecule has 1 aliphatic carbocycles. The van der Waals surface area contributed by atoms with Crippen LogP contribution in [0.4, 0.5) is 0 Å². The predicted molar refractivity (Wildman–Crippen MR) is 88.1 cm³/mol. The number of carbonyl (C=O) groups is 1. The third kappa shape index (κ3) is 2.29. The molecule has 2 atom stereocenters. The minimum absolute atomic E-state index is 0.0406. The van der Waals surface area contributed by atoms with Crippen molar-refractivity contribution < 1.29 is 9.21 Å². The zero-order valence-corrected chi connectivity index (χ0v) is 13.5. The summed E-state index contributed by atoms with van der Waals surface area (Å²) in [6, 6.07) is 10.3. The van der Waals surface area contributed by atoms with Crippen molar-refractivity contribution in [2.75, 3.05) is 0 Å². The summed E-state index contributed by atoms with van der Waals surface area (Å²) >= 11 is 0. The molecule has 0 spiro atoms. The minimum atomic E-state index is -0.121. The Balaban J connectivity index is 1.85. The maximum atomic E-state index is 12.1. The number of benzene rings is 1. The fourth-order valence-corrected chi connectivity index (χ4v) is 3.82. The topological polar surface area (TPSA) is 45.8 Å². The maximum absolute atomic E-state index is 12.1. The Morgan fingerprint density at radius 2 is 2.22 bits per heavy atom. The summed E-state index contributed by atoms with van der Waals surface area (Å²) in [7, 11) is 0. The summed E-state index contributed by atoms with van der Waals surface area (Å²) in [6.45, 7) is 3.67. The summed E-state index contributed by atoms with van der Waals surface area (Å²) in [5.41, 5.74) is 4.80. The van der Waals surface area contributed by atoms with Crippen LogP contribution in [0.5, 0.6) is 0 Å². The standard InChI is InChI=1S/C19H20N2O2/c1-12-8-9-14-5-3-6-15-18(16(14)11-12)20-21(13(2)22)19(15)17-7-4-10-23-17/h4,7-11,15,19H,3,5-6H2,1-2H3/t15-,19-/m1/s1. The first kappa shape index (κ1) is 14.2. The molecule has 4 rings (SSSR count). The largest absolute Gasteiger partial charge is 0.467 e. The highest BCUT2D eigenvalue weighted by Gasteiger charge is 2.43. The van der Waals surface area contributed by atoms with Gasteiger partial charge < -0.3 is 4.42 Å². The molecular formula is C19H20N2O2. The van der Waals surface area contributed by atoms with Gasteiger partial charge in [-0.05, 0) is 49.9 Å². The fraction of sp³-hybridized carbons (Fsp3) is 0.368. The molecule has 0 N–H and O–H groups in total. The highest BCUT2D eigenvalue weighted by atomic mass is 16.3. The number of hydrogen-bond donors (Lipinski definition) is 0. The lowest BCUT2D eigenvalue weighted by atomic mass is 9.87. The molecule has 2 heterocycles. The molecule has 2 aliphatic rings. The molecule has 118 valence electrons. The van der Waals surface area contributed by atoms with Gasteiger partial charge in [0.25, 0.3) is 0 Å². The van der Waals surface area contributed by atoms with Crippen LogP contribution >= 0.6 is 0 Å². The molecule has 1 aromatic carbocycles. The first-order valence-electron chi connectivity index (χ1n) is 8.17. The highest BCUT2D eigenvalue weighted by molar-refractivity contribution is 6.06. The molecule has 0 saturated carbocycles. The van der Waals surface area contributed by atoms with Gasteiger partial charge in [0.15, 0.2) is 0 Å². The number of carbonyl (C=O) groups excluding carboxylic acids is 1. The Morgan fingerprint density at radius 1 is 1.35 bits per heavy atom. The second kappa shape index (κ2) is 5.37. The molecule has 23 heavy (non-hydrogen) atoms. The van der Waals surface area contributed by atoms with Crippen molar-refractivity contribution in [2.24, 2.45) is 11.0 Å². The maximum Gasteiger partial charge on any atom is 0.240 e. The van der Waals surface area contributed by atoms with Crippen molar-refractivity contribution in [1.82, 2.24) is 5.01 Å². The Hall–Kier alpha value is -2.36. The number of hydrogen-bond acceptors (Lipinski definition) is 3. The molecule has 2 aromatic rings. The molecule has 4 nitrogen and oxygen atoms in total. The van der Waals surface area contributed by atoms with Gasteiger partial charge in [-0.3, -0.25) is 4.79 Å². The van der Waals surface area contributed by atoms with E-state index in [1.807, 2.05) is 12.1 Å². The first-order valence-corrected chi connectivity index (χ1v) is 8.17. The van der Waals surface area contributed by atoms with Gasteiger partial charge in [0.2, 0.25) is 5.91 Å². The van der Waals surface area contributed by atoms with Crippen LogP contribution in [0.3, 0.4) is 0 Å². The van der Waals surface area contributed by atoms with E-state index in [-0.39, 0.29) is 17.9 Å². The number of amides is 1. The van der Waals surface area contributed by atoms with Crippen LogP contribution in [-0.4, -0.2) is 16.6 Å². The van der Waals surface area contributed by atoms with E-state index in [1.165, 1.54) is 16.7 Å². The predicted octanol–water partition coefficient (Wildman–Crippen LogP) is 3.85. The van der Waals surface area contributed by atoms with Crippen molar-refractivity contribution >= 4 is 11.6 Å². The summed E-state index contributed by atoms with van der Waals surface area (Å²) in [6.07, 6.45) is 4.85. The Kier molecular flexibility index (Phi) is 3.33. The summed E-state index contributed by atoms with van der Waals surface area (Å²) in [5.74, 6) is 0.981. The Morgan fingerprint density at radius 3 is 2.96 bits per heavy atom. The van der Waals surface area contributed by atoms with Crippen molar-refractivity contribution in [3.8, 4) is 0 Å². The van der Waals surface area contributed by atoms with Crippen molar-refractivity contribution in [1.29, 1.82) is 0 Å². The van der Waals surface area contributed by atoms with Crippen LogP contribution in [0.25, 0.3) is 0 Å². The van der Waals surface area contributed by atoms with Crippen LogP contribution in [0.2, 0.25) is 0 Å². The van der Waals surface area contributed by atoms with E-state index in [4.69, 9.17) is 9.52 Å². The Labute approximate surface area is 135 Å². The average Bonchev–Trinajstić information content (AvgIpc) is 3.12. The molecule has 1 amide bonds. The van der Waals surface area contributed by atoms with E-state index >= 15 is 0 Å². The van der Waals surface area contributed by atoms with Crippen molar-refractivity contribution in [3.05, 3.63) is 59.0 Å². The fourth-order valence-electron chi connectivity index (χ4n) is 3.82. The number of hydrazone groups is 1. The number of nitrogens with zero attached hydrogens (tertiary/aromatic N) is 2. The SMILES string of the molecule is CC(=O)N1N=C2c3cc(C)ccc3CCC[C@H]2[C@@H]1c1ccco1. The zero-order chi connectivity index (χ0) is 16.0. The lowest BCUT2D eigenvalue weighted by molar-refractivity contribution is -0.131. The Bertz CT molecular complexity index is 777. The molecule has 0 fully saturated rings. The normalized spacial score (nSPS) is 23.0. The van der Waals surface area contributed by atoms with E-state index in [9.17, 15) is 4.79 Å². The third-order valence-corrected chi connectivity index (χ3v) is 4.87. The quantitative estimate of drug-likeness (QED) is 0.803. The lowest BCUT2D eigenvalue weighted by Gasteiger charge is -2.23. The van der Waals surface area contributed by atoms with Crippen LogP contribution in [0, 0.1) is 12.8 Å². The van der Waals surface area contributed by atoms with E-state index in [1.54, 1.807) is 18.2 Å². The molecule has 0 unspecified atom stereocenters. The van der Waals surface area contributed by atoms with E-state index in [0.29, 0.717) is 0 Å². The van der Waals surface area contributed by atoms with E-state index < -0.39 is 0 Å². The highest BCUT2D eigenvalue weighted by Crippen LogP contribution is 2.42. The van der Waals surface area contributed by atoms with Crippen molar-refractivity contribution in [2.45, 2.75) is 39.2 Å². The number of fused-ring (bicyclic) bond motifs is 3. The van der Waals surface area contributed by atoms with Gasteiger partial charge >= 0.3 is 0 Å². The van der Waals surface area contributed by atoms with Crippen LogP contribution in [0.15, 0.2) is 46.1 Å². The second-order valence-electron chi connectivity index (χ2n) is 6.47. The second-order valence-corrected chi connectivity index (χ2v) is 6.47. The van der Waals surface area contributed by atoms with Crippen LogP contribution in [0.1, 0.15) is 48.3 Å². The number of aryl methyl sites for hydroxylation is 2. The van der Waals surface area contributed by atoms with Crippen LogP contribution < -0.4 is 0 Å². The number of rotatable bonds is 1. The lowest BCUT2D eigenvalue weighted by Crippen LogP contribution is -2.28.